The monoisotopic (exact) mass is 1580 g/mol. The van der Waals surface area contributed by atoms with Crippen molar-refractivity contribution in [2.45, 2.75) is 92.0 Å². The topological polar surface area (TPSA) is 73.8 Å². The first kappa shape index (κ1) is 83.3. The van der Waals surface area contributed by atoms with E-state index in [2.05, 4.69) is 308 Å². The zero-order chi connectivity index (χ0) is 79.6. The number of fused-ring (bicyclic) bond motifs is 3. The Kier molecular flexibility index (Phi) is 31.7. The summed E-state index contributed by atoms with van der Waals surface area (Å²) >= 11 is 0. The van der Waals surface area contributed by atoms with Crippen LogP contribution in [-0.4, -0.2) is 42.0 Å². The van der Waals surface area contributed by atoms with Gasteiger partial charge in [-0.05, 0) is 227 Å². The predicted octanol–water partition coefficient (Wildman–Crippen LogP) is 28.4. The number of benzene rings is 14. The van der Waals surface area contributed by atoms with Crippen molar-refractivity contribution in [2.75, 3.05) is 42.9 Å². The second-order valence-corrected chi connectivity index (χ2v) is 28.6. The fourth-order valence-electron chi connectivity index (χ4n) is 14.7. The van der Waals surface area contributed by atoms with Crippen LogP contribution in [0.5, 0.6) is 0 Å². The summed E-state index contributed by atoms with van der Waals surface area (Å²) in [6.45, 7) is 11.7. The van der Waals surface area contributed by atoms with Crippen LogP contribution in [0.3, 0.4) is 0 Å². The van der Waals surface area contributed by atoms with Gasteiger partial charge in [-0.1, -0.05) is 275 Å². The summed E-state index contributed by atoms with van der Waals surface area (Å²) in [5, 5.41) is 29.9. The van der Waals surface area contributed by atoms with Crippen molar-refractivity contribution in [1.82, 2.24) is 4.57 Å². The normalized spacial score (nSPS) is 12.4. The van der Waals surface area contributed by atoms with E-state index in [1.807, 2.05) is 167 Å². The van der Waals surface area contributed by atoms with Crippen molar-refractivity contribution in [3.8, 4) is 0 Å². The van der Waals surface area contributed by atoms with Gasteiger partial charge in [0.1, 0.15) is 0 Å². The number of aryl methyl sites for hydroxylation is 1. The smallest absolute Gasteiger partial charge is 0.0652 e. The predicted molar refractivity (Wildman–Crippen MR) is 497 cm³/mol. The van der Waals surface area contributed by atoms with Gasteiger partial charge < -0.3 is 14.4 Å². The summed E-state index contributed by atoms with van der Waals surface area (Å²) in [7, 11) is 0. The van der Waals surface area contributed by atoms with Crippen molar-refractivity contribution in [2.24, 2.45) is 26.3 Å². The Labute approximate surface area is 703 Å². The van der Waals surface area contributed by atoms with Crippen LogP contribution in [-0.2, 0) is 23.6 Å². The molecule has 0 atom stereocenters. The molecule has 2 aliphatic rings. The minimum atomic E-state index is 0. The van der Waals surface area contributed by atoms with Gasteiger partial charge in [-0.2, -0.15) is 20.4 Å². The van der Waals surface area contributed by atoms with Gasteiger partial charge in [0.25, 0.3) is 0 Å². The van der Waals surface area contributed by atoms with Crippen LogP contribution in [0.2, 0.25) is 0 Å². The maximum atomic E-state index is 4.95. The molecule has 0 N–H and O–H groups in total. The van der Waals surface area contributed by atoms with E-state index in [1.54, 1.807) is 0 Å². The van der Waals surface area contributed by atoms with Crippen molar-refractivity contribution in [1.29, 1.82) is 0 Å². The molecule has 117 heavy (non-hydrogen) atoms. The van der Waals surface area contributed by atoms with E-state index in [9.17, 15) is 0 Å². The van der Waals surface area contributed by atoms with Crippen LogP contribution in [0, 0.1) is 5.92 Å². The van der Waals surface area contributed by atoms with Crippen LogP contribution < -0.4 is 29.8 Å². The van der Waals surface area contributed by atoms with Crippen LogP contribution >= 0.6 is 0 Å². The van der Waals surface area contributed by atoms with Crippen molar-refractivity contribution in [3.63, 3.8) is 0 Å². The molecule has 1 heterocycles. The first-order chi connectivity index (χ1) is 57.4. The van der Waals surface area contributed by atoms with Crippen LogP contribution in [0.4, 0.5) is 68.2 Å². The van der Waals surface area contributed by atoms with Crippen LogP contribution in [0.15, 0.2) is 415 Å². The van der Waals surface area contributed by atoms with Gasteiger partial charge in [0.15, 0.2) is 0 Å². The van der Waals surface area contributed by atoms with E-state index in [0.717, 1.165) is 98.9 Å². The van der Waals surface area contributed by atoms with Crippen molar-refractivity contribution < 1.29 is 17.1 Å². The largest absolute Gasteiger partial charge is 0.372 e. The van der Waals surface area contributed by atoms with E-state index in [1.165, 1.54) is 91.0 Å². The third kappa shape index (κ3) is 23.3. The second-order valence-electron chi connectivity index (χ2n) is 28.6. The zero-order valence-electron chi connectivity index (χ0n) is 67.6. The Morgan fingerprint density at radius 1 is 0.291 bits per heavy atom. The van der Waals surface area contributed by atoms with Crippen molar-refractivity contribution in [3.05, 3.63) is 411 Å². The second kappa shape index (κ2) is 44.5. The molecule has 2 aliphatic carbocycles. The molecule has 12 heteroatoms. The number of hydrazone groups is 4. The molecule has 15 aromatic rings. The summed E-state index contributed by atoms with van der Waals surface area (Å²) < 4.78 is 2.37. The Morgan fingerprint density at radius 2 is 0.564 bits per heavy atom. The molecular formula is C105H105FeN11. The van der Waals surface area contributed by atoms with E-state index in [0.29, 0.717) is 5.92 Å². The molecular weight excluding hydrogens is 1470 g/mol. The molecule has 0 radical (unpaired) electrons. The van der Waals surface area contributed by atoms with E-state index in [-0.39, 0.29) is 17.1 Å². The number of anilines is 12. The average molecular weight is 1580 g/mol. The summed E-state index contributed by atoms with van der Waals surface area (Å²) in [5.41, 5.74) is 20.0. The van der Waals surface area contributed by atoms with Gasteiger partial charge in [-0.3, -0.25) is 0 Å². The van der Waals surface area contributed by atoms with Crippen LogP contribution in [0.25, 0.3) is 21.8 Å². The number of aromatic nitrogens is 1. The van der Waals surface area contributed by atoms with Gasteiger partial charge in [0.05, 0.1) is 64.1 Å². The summed E-state index contributed by atoms with van der Waals surface area (Å²) in [5.74, 6) is 0.653. The van der Waals surface area contributed by atoms with E-state index < -0.39 is 0 Å². The molecule has 0 aliphatic heterocycles. The third-order valence-corrected chi connectivity index (χ3v) is 20.7. The van der Waals surface area contributed by atoms with Gasteiger partial charge >= 0.3 is 0 Å². The first-order valence-electron chi connectivity index (χ1n) is 41.0. The Hall–Kier alpha value is -13.1. The number of rotatable bonds is 23. The Balaban J connectivity index is 0.000000142. The molecule has 588 valence electrons. The van der Waals surface area contributed by atoms with Gasteiger partial charge in [0.2, 0.25) is 0 Å². The van der Waals surface area contributed by atoms with Gasteiger partial charge in [0, 0.05) is 87.0 Å². The zero-order valence-corrected chi connectivity index (χ0v) is 68.7. The number of para-hydroxylation sites is 11. The number of hydrogen-bond donors (Lipinski definition) is 0. The summed E-state index contributed by atoms with van der Waals surface area (Å²) in [6, 6.07) is 135. The minimum absolute atomic E-state index is 0. The van der Waals surface area contributed by atoms with E-state index in [4.69, 9.17) is 20.4 Å². The maximum absolute atomic E-state index is 4.95. The van der Waals surface area contributed by atoms with Crippen LogP contribution in [0.1, 0.15) is 102 Å². The number of hydrogen-bond acceptors (Lipinski definition) is 10. The molecule has 0 unspecified atom stereocenters. The molecule has 17 rings (SSSR count). The Morgan fingerprint density at radius 3 is 0.897 bits per heavy atom. The molecule has 2 saturated carbocycles. The molecule has 0 amide bonds. The molecule has 11 nitrogen and oxygen atoms in total. The first-order valence-corrected chi connectivity index (χ1v) is 41.0. The third-order valence-electron chi connectivity index (χ3n) is 20.7. The SMILES string of the molecule is C(=N\N(c1ccccc1)c1ccccc1)/c1ccc(N(c2ccccc2)c2ccccc2)cc1.C/C(=N\N(c1ccccc1)c1ccccc1)C1CCCC1.C1CCCC1.CCN(CC)c1ccc(/C=N/N(c2ccccc2)c2ccccc2)cc1.CCn1c2ccccc2c2cc(/C=N/N(c3ccccc3)c3ccccc3)ccc21.[Fe]. The number of nitrogens with zero attached hydrogens (tertiary/aromatic N) is 11. The quantitative estimate of drug-likeness (QED) is 0.0361. The molecule has 0 saturated heterocycles. The molecule has 0 bridgehead atoms. The average Bonchev–Trinajstić information content (AvgIpc) is 1.61. The molecule has 14 aromatic carbocycles. The molecule has 0 spiro atoms. The van der Waals surface area contributed by atoms with E-state index >= 15 is 0 Å². The maximum Gasteiger partial charge on any atom is 0.0652 e. The summed E-state index contributed by atoms with van der Waals surface area (Å²) in [4.78, 5) is 4.59. The Bertz CT molecular complexity index is 5250. The fraction of sp³-hybridized carbons (Fsp3) is 0.162. The fourth-order valence-corrected chi connectivity index (χ4v) is 14.7. The minimum Gasteiger partial charge on any atom is -0.372 e. The van der Waals surface area contributed by atoms with Crippen molar-refractivity contribution >= 4 is 114 Å². The standard InChI is InChI=1S/C31H25N3.C27H23N3.C23H25N3.C19H22N2.C5H10.Fe/c1-5-13-27(14-6-1)33(28-15-7-2-8-16-28)29-23-21-26(22-24-29)25-32-34(30-17-9-3-10-18-30)31-19-11-4-12-20-31;1-2-29-26-16-10-9-15-24(26)25-19-21(17-18-27(25)29)20-28-30(22-11-5-3-6-12-22)23-13-7-4-8-14-23;1-3-25(4-2)21-17-15-20(16-18-21)19-24-26(22-11-7-5-8-12-22)23-13-9-6-10-14-23;1-16(17-10-8-9-11-17)20-21(18-12-4-2-5-13-18)19-14-6-3-7-15-19;1-2-4-5-3-1;/h1-25H;3-20H,2H2,1H3;5-19H,3-4H2,1-2H3;2-7,12-15,17H,8-11H2,1H3;1-5H2;/b32-25+;28-20+;24-19+;20-16+;;. The van der Waals surface area contributed by atoms with Gasteiger partial charge in [-0.25, -0.2) is 20.0 Å². The van der Waals surface area contributed by atoms with Gasteiger partial charge in [-0.15, -0.1) is 0 Å². The molecule has 2 fully saturated rings. The summed E-state index contributed by atoms with van der Waals surface area (Å²) in [6.07, 6.45) is 18.5. The molecule has 1 aromatic heterocycles.